The smallest absolute Gasteiger partial charge is 0.246 e. The molecule has 0 spiro atoms. The van der Waals surface area contributed by atoms with Crippen LogP contribution in [0.4, 0.5) is 44.6 Å². The lowest BCUT2D eigenvalue weighted by molar-refractivity contribution is -0.117. The maximum atomic E-state index is 15.0. The zero-order chi connectivity index (χ0) is 27.5. The van der Waals surface area contributed by atoms with Crippen molar-refractivity contribution in [2.75, 3.05) is 78.2 Å². The number of nitrogens with one attached hydrogen (secondary N) is 2. The number of hydrogen-bond donors (Lipinski definition) is 2. The fourth-order valence-electron chi connectivity index (χ4n) is 4.54. The lowest BCUT2D eigenvalue weighted by Crippen LogP contribution is -2.42. The molecular weight excluding hydrogens is 529 g/mol. The highest BCUT2D eigenvalue weighted by molar-refractivity contribution is 6.29. The van der Waals surface area contributed by atoms with Gasteiger partial charge in [-0.1, -0.05) is 12.1 Å². The van der Waals surface area contributed by atoms with E-state index in [2.05, 4.69) is 25.5 Å². The van der Waals surface area contributed by atoms with Crippen LogP contribution < -0.4 is 30.1 Å². The number of rotatable bonds is 7. The molecule has 0 saturated carbocycles. The van der Waals surface area contributed by atoms with Gasteiger partial charge in [-0.3, -0.25) is 9.59 Å². The zero-order valence-electron chi connectivity index (χ0n) is 21.4. The fraction of sp³-hybridized carbons (Fsp3) is 0.308. The van der Waals surface area contributed by atoms with Crippen molar-refractivity contribution in [2.24, 2.45) is 0 Å². The van der Waals surface area contributed by atoms with Crippen LogP contribution in [0.2, 0.25) is 0 Å². The first kappa shape index (κ1) is 26.4. The number of methoxy groups -OCH3 is 1. The van der Waals surface area contributed by atoms with Crippen LogP contribution in [0.25, 0.3) is 0 Å². The SMILES string of the molecule is COc1cc(N2CCOCC2)c(NC(=O)CCl)cc1Nc1ncc(F)c(N2CC(=O)N(C)c3ccccc32)n1. The zero-order valence-corrected chi connectivity index (χ0v) is 22.2. The van der Waals surface area contributed by atoms with E-state index in [1.807, 2.05) is 12.1 Å². The maximum absolute atomic E-state index is 15.0. The molecule has 0 radical (unpaired) electrons. The molecule has 39 heavy (non-hydrogen) atoms. The fourth-order valence-corrected chi connectivity index (χ4v) is 4.61. The Morgan fingerprint density at radius 1 is 1.15 bits per heavy atom. The minimum absolute atomic E-state index is 0.0547. The Bertz CT molecular complexity index is 1400. The molecule has 0 bridgehead atoms. The topological polar surface area (TPSA) is 112 Å². The molecule has 3 heterocycles. The third kappa shape index (κ3) is 5.38. The summed E-state index contributed by atoms with van der Waals surface area (Å²) in [5.74, 6) is -1.01. The lowest BCUT2D eigenvalue weighted by Gasteiger charge is -2.34. The van der Waals surface area contributed by atoms with Crippen LogP contribution >= 0.6 is 11.6 Å². The Labute approximate surface area is 229 Å². The van der Waals surface area contributed by atoms with Crippen LogP contribution in [-0.2, 0) is 14.3 Å². The average Bonchev–Trinajstić information content (AvgIpc) is 2.96. The van der Waals surface area contributed by atoms with E-state index in [4.69, 9.17) is 21.1 Å². The van der Waals surface area contributed by atoms with E-state index < -0.39 is 5.82 Å². The molecule has 0 aliphatic carbocycles. The van der Waals surface area contributed by atoms with Gasteiger partial charge in [-0.2, -0.15) is 4.98 Å². The minimum atomic E-state index is -0.683. The van der Waals surface area contributed by atoms with Crippen LogP contribution in [0.15, 0.2) is 42.6 Å². The largest absolute Gasteiger partial charge is 0.494 e. The second kappa shape index (κ2) is 11.3. The van der Waals surface area contributed by atoms with Gasteiger partial charge in [-0.05, 0) is 18.2 Å². The van der Waals surface area contributed by atoms with Gasteiger partial charge in [0.25, 0.3) is 0 Å². The van der Waals surface area contributed by atoms with Gasteiger partial charge in [0.2, 0.25) is 17.8 Å². The molecule has 5 rings (SSSR count). The summed E-state index contributed by atoms with van der Waals surface area (Å²) in [5, 5.41) is 5.90. The van der Waals surface area contributed by atoms with Gasteiger partial charge in [0.05, 0.1) is 55.0 Å². The molecule has 2 N–H and O–H groups in total. The second-order valence-corrected chi connectivity index (χ2v) is 9.14. The summed E-state index contributed by atoms with van der Waals surface area (Å²) in [6.07, 6.45) is 1.04. The summed E-state index contributed by atoms with van der Waals surface area (Å²) in [4.78, 5) is 38.5. The second-order valence-electron chi connectivity index (χ2n) is 8.87. The molecule has 11 nitrogen and oxygen atoms in total. The molecular formula is C26H27ClFN7O4. The van der Waals surface area contributed by atoms with Crippen molar-refractivity contribution in [1.29, 1.82) is 0 Å². The number of anilines is 7. The van der Waals surface area contributed by atoms with Gasteiger partial charge in [-0.15, -0.1) is 11.6 Å². The number of carbonyl (C=O) groups excluding carboxylic acids is 2. The molecule has 1 fully saturated rings. The Balaban J connectivity index is 1.52. The van der Waals surface area contributed by atoms with Crippen molar-refractivity contribution < 1.29 is 23.5 Å². The van der Waals surface area contributed by atoms with Gasteiger partial charge in [0, 0.05) is 26.2 Å². The Kier molecular flexibility index (Phi) is 7.66. The van der Waals surface area contributed by atoms with E-state index in [1.54, 1.807) is 31.3 Å². The van der Waals surface area contributed by atoms with E-state index in [9.17, 15) is 9.59 Å². The van der Waals surface area contributed by atoms with Gasteiger partial charge in [0.1, 0.15) is 18.2 Å². The van der Waals surface area contributed by atoms with Crippen LogP contribution in [0.1, 0.15) is 0 Å². The minimum Gasteiger partial charge on any atom is -0.494 e. The summed E-state index contributed by atoms with van der Waals surface area (Å²) in [6.45, 7) is 2.28. The van der Waals surface area contributed by atoms with Crippen LogP contribution in [0, 0.1) is 5.82 Å². The number of carbonyl (C=O) groups is 2. The van der Waals surface area contributed by atoms with Crippen LogP contribution in [0.5, 0.6) is 5.75 Å². The Hall–Kier alpha value is -4.16. The molecule has 2 aromatic carbocycles. The van der Waals surface area contributed by atoms with Crippen molar-refractivity contribution in [2.45, 2.75) is 0 Å². The summed E-state index contributed by atoms with van der Waals surface area (Å²) in [5.41, 5.74) is 2.97. The molecule has 0 unspecified atom stereocenters. The number of morpholine rings is 1. The number of halogens is 2. The van der Waals surface area contributed by atoms with E-state index in [0.717, 1.165) is 11.9 Å². The monoisotopic (exact) mass is 555 g/mol. The quantitative estimate of drug-likeness (QED) is 0.423. The van der Waals surface area contributed by atoms with Crippen molar-refractivity contribution in [3.8, 4) is 5.75 Å². The standard InChI is InChI=1S/C26H27ClFN7O4/c1-33-19-5-3-4-6-20(19)35(15-24(33)37)25-16(28)14-29-26(32-25)31-18-11-17(30-23(36)13-27)21(12-22(18)38-2)34-7-9-39-10-8-34/h3-6,11-12,14H,7-10,13,15H2,1-2H3,(H,30,36)(H,29,31,32). The Morgan fingerprint density at radius 2 is 1.90 bits per heavy atom. The molecule has 0 atom stereocenters. The number of benzene rings is 2. The van der Waals surface area contributed by atoms with Crippen molar-refractivity contribution >= 4 is 63.6 Å². The lowest BCUT2D eigenvalue weighted by atomic mass is 10.1. The Morgan fingerprint density at radius 3 is 2.62 bits per heavy atom. The number of nitrogens with zero attached hydrogens (tertiary/aromatic N) is 5. The number of alkyl halides is 1. The number of hydrogen-bond acceptors (Lipinski definition) is 9. The first-order valence-electron chi connectivity index (χ1n) is 12.2. The number of fused-ring (bicyclic) bond motifs is 1. The first-order valence-corrected chi connectivity index (χ1v) is 12.8. The third-order valence-electron chi connectivity index (χ3n) is 6.49. The van der Waals surface area contributed by atoms with Crippen LogP contribution in [0.3, 0.4) is 0 Å². The maximum Gasteiger partial charge on any atom is 0.246 e. The van der Waals surface area contributed by atoms with Crippen molar-refractivity contribution in [3.05, 3.63) is 48.4 Å². The highest BCUT2D eigenvalue weighted by Crippen LogP contribution is 2.40. The number of amides is 2. The summed E-state index contributed by atoms with van der Waals surface area (Å²) in [6, 6.07) is 10.7. The van der Waals surface area contributed by atoms with Crippen molar-refractivity contribution in [3.63, 3.8) is 0 Å². The number of likely N-dealkylation sites (N-methyl/N-ethyl adjacent to an activating group) is 1. The number of aromatic nitrogens is 2. The van der Waals surface area contributed by atoms with E-state index in [1.165, 1.54) is 16.9 Å². The molecule has 2 amide bonds. The average molecular weight is 556 g/mol. The molecule has 2 aliphatic heterocycles. The van der Waals surface area contributed by atoms with Gasteiger partial charge >= 0.3 is 0 Å². The predicted octanol–water partition coefficient (Wildman–Crippen LogP) is 3.50. The van der Waals surface area contributed by atoms with E-state index in [-0.39, 0.29) is 36.0 Å². The molecule has 204 valence electrons. The van der Waals surface area contributed by atoms with Crippen molar-refractivity contribution in [1.82, 2.24) is 9.97 Å². The van der Waals surface area contributed by atoms with Crippen LogP contribution in [-0.4, -0.2) is 74.7 Å². The van der Waals surface area contributed by atoms with Gasteiger partial charge < -0.3 is 34.8 Å². The highest BCUT2D eigenvalue weighted by atomic mass is 35.5. The third-order valence-corrected chi connectivity index (χ3v) is 6.74. The van der Waals surface area contributed by atoms with E-state index in [0.29, 0.717) is 54.8 Å². The summed E-state index contributed by atoms with van der Waals surface area (Å²) in [7, 11) is 3.19. The van der Waals surface area contributed by atoms with Gasteiger partial charge in [0.15, 0.2) is 11.6 Å². The molecule has 2 aliphatic rings. The number of para-hydroxylation sites is 2. The predicted molar refractivity (Wildman–Crippen MR) is 148 cm³/mol. The summed E-state index contributed by atoms with van der Waals surface area (Å²) < 4.78 is 26.1. The first-order chi connectivity index (χ1) is 18.9. The molecule has 3 aromatic rings. The molecule has 1 saturated heterocycles. The molecule has 1 aromatic heterocycles. The highest BCUT2D eigenvalue weighted by Gasteiger charge is 2.30. The molecule has 13 heteroatoms. The normalized spacial score (nSPS) is 15.2. The number of ether oxygens (including phenoxy) is 2. The van der Waals surface area contributed by atoms with E-state index >= 15 is 4.39 Å². The summed E-state index contributed by atoms with van der Waals surface area (Å²) >= 11 is 5.76. The van der Waals surface area contributed by atoms with Gasteiger partial charge in [-0.25, -0.2) is 9.37 Å².